The van der Waals surface area contributed by atoms with Crippen LogP contribution in [0.5, 0.6) is 5.75 Å². The second kappa shape index (κ2) is 9.46. The number of ether oxygens (including phenoxy) is 1. The zero-order valence-corrected chi connectivity index (χ0v) is 15.5. The quantitative estimate of drug-likeness (QED) is 0.526. The van der Waals surface area contributed by atoms with E-state index in [0.29, 0.717) is 31.2 Å². The first-order valence-corrected chi connectivity index (χ1v) is 8.59. The van der Waals surface area contributed by atoms with E-state index in [0.717, 1.165) is 16.9 Å². The van der Waals surface area contributed by atoms with E-state index in [1.165, 1.54) is 5.56 Å². The van der Waals surface area contributed by atoms with Crippen LogP contribution in [0.3, 0.4) is 0 Å². The number of aryl methyl sites for hydroxylation is 1. The van der Waals surface area contributed by atoms with Crippen molar-refractivity contribution in [1.29, 1.82) is 0 Å². The van der Waals surface area contributed by atoms with Crippen molar-refractivity contribution in [3.63, 3.8) is 0 Å². The predicted octanol–water partition coefficient (Wildman–Crippen LogP) is 2.36. The largest absolute Gasteiger partial charge is 0.494 e. The maximum Gasteiger partial charge on any atom is 0.248 e. The number of carbonyl (C=O) groups excluding carboxylic acids is 1. The lowest BCUT2D eigenvalue weighted by Gasteiger charge is -2.15. The highest BCUT2D eigenvalue weighted by Crippen LogP contribution is 2.20. The van der Waals surface area contributed by atoms with Gasteiger partial charge in [0.2, 0.25) is 5.91 Å². The second-order valence-corrected chi connectivity index (χ2v) is 5.88. The van der Waals surface area contributed by atoms with Crippen LogP contribution in [-0.2, 0) is 13.1 Å². The molecule has 0 saturated heterocycles. The van der Waals surface area contributed by atoms with Gasteiger partial charge in [0, 0.05) is 31.3 Å². The molecular weight excluding hydrogens is 328 g/mol. The normalized spacial score (nSPS) is 11.1. The van der Waals surface area contributed by atoms with Crippen LogP contribution in [0.25, 0.3) is 0 Å². The molecule has 0 aliphatic heterocycles. The molecule has 0 unspecified atom stereocenters. The average Bonchev–Trinajstić information content (AvgIpc) is 2.64. The molecule has 0 heterocycles. The van der Waals surface area contributed by atoms with Crippen molar-refractivity contribution < 1.29 is 9.53 Å². The number of primary amides is 1. The van der Waals surface area contributed by atoms with E-state index in [2.05, 4.69) is 27.8 Å². The molecule has 0 saturated carbocycles. The Labute approximate surface area is 154 Å². The van der Waals surface area contributed by atoms with Gasteiger partial charge >= 0.3 is 0 Å². The lowest BCUT2D eigenvalue weighted by molar-refractivity contribution is 0.100. The molecule has 6 heteroatoms. The van der Waals surface area contributed by atoms with Crippen molar-refractivity contribution in [3.8, 4) is 5.75 Å². The number of hydrogen-bond donors (Lipinski definition) is 3. The third-order valence-electron chi connectivity index (χ3n) is 3.89. The first-order chi connectivity index (χ1) is 12.5. The summed E-state index contributed by atoms with van der Waals surface area (Å²) in [6, 6.07) is 13.3. The summed E-state index contributed by atoms with van der Waals surface area (Å²) in [5, 5.41) is 6.54. The molecule has 0 aromatic heterocycles. The third kappa shape index (κ3) is 5.51. The molecule has 6 nitrogen and oxygen atoms in total. The zero-order valence-electron chi connectivity index (χ0n) is 15.5. The molecule has 26 heavy (non-hydrogen) atoms. The SMILES string of the molecule is CCOc1cc(C)ccc1CNC(=NC)NCc1ccc(C(N)=O)cc1. The Morgan fingerprint density at radius 2 is 1.81 bits per heavy atom. The molecule has 0 radical (unpaired) electrons. The number of nitrogens with two attached hydrogens (primary N) is 1. The lowest BCUT2D eigenvalue weighted by atomic mass is 10.1. The van der Waals surface area contributed by atoms with Crippen LogP contribution in [0.1, 0.15) is 34.0 Å². The van der Waals surface area contributed by atoms with E-state index in [1.54, 1.807) is 19.2 Å². The van der Waals surface area contributed by atoms with Gasteiger partial charge in [-0.3, -0.25) is 9.79 Å². The van der Waals surface area contributed by atoms with Crippen LogP contribution in [0.15, 0.2) is 47.5 Å². The molecular formula is C20H26N4O2. The minimum Gasteiger partial charge on any atom is -0.494 e. The van der Waals surface area contributed by atoms with Gasteiger partial charge in [0.05, 0.1) is 6.61 Å². The Morgan fingerprint density at radius 1 is 1.12 bits per heavy atom. The summed E-state index contributed by atoms with van der Waals surface area (Å²) in [6.45, 7) is 5.85. The van der Waals surface area contributed by atoms with Crippen molar-refractivity contribution in [2.24, 2.45) is 10.7 Å². The van der Waals surface area contributed by atoms with Crippen molar-refractivity contribution >= 4 is 11.9 Å². The van der Waals surface area contributed by atoms with Gasteiger partial charge in [-0.2, -0.15) is 0 Å². The van der Waals surface area contributed by atoms with Gasteiger partial charge in [-0.05, 0) is 43.2 Å². The van der Waals surface area contributed by atoms with E-state index < -0.39 is 5.91 Å². The summed E-state index contributed by atoms with van der Waals surface area (Å²) < 4.78 is 5.71. The minimum atomic E-state index is -0.426. The number of rotatable bonds is 7. The Bertz CT molecular complexity index is 770. The van der Waals surface area contributed by atoms with Crippen LogP contribution in [-0.4, -0.2) is 25.5 Å². The standard InChI is InChI=1S/C20H26N4O2/c1-4-26-18-11-14(2)5-8-17(18)13-24-20(22-3)23-12-15-6-9-16(10-7-15)19(21)25/h5-11H,4,12-13H2,1-3H3,(H2,21,25)(H2,22,23,24). The molecule has 4 N–H and O–H groups in total. The number of hydrogen-bond acceptors (Lipinski definition) is 3. The summed E-state index contributed by atoms with van der Waals surface area (Å²) >= 11 is 0. The molecule has 0 aliphatic rings. The fraction of sp³-hybridized carbons (Fsp3) is 0.300. The number of nitrogens with zero attached hydrogens (tertiary/aromatic N) is 1. The summed E-state index contributed by atoms with van der Waals surface area (Å²) in [5.74, 6) is 1.15. The van der Waals surface area contributed by atoms with Crippen LogP contribution in [0.2, 0.25) is 0 Å². The van der Waals surface area contributed by atoms with E-state index in [9.17, 15) is 4.79 Å². The van der Waals surface area contributed by atoms with E-state index in [1.807, 2.05) is 32.0 Å². The Balaban J connectivity index is 1.93. The monoisotopic (exact) mass is 354 g/mol. The molecule has 0 spiro atoms. The van der Waals surface area contributed by atoms with Crippen molar-refractivity contribution in [2.75, 3.05) is 13.7 Å². The highest BCUT2D eigenvalue weighted by Gasteiger charge is 2.06. The van der Waals surface area contributed by atoms with Crippen molar-refractivity contribution in [1.82, 2.24) is 10.6 Å². The van der Waals surface area contributed by atoms with Crippen molar-refractivity contribution in [3.05, 3.63) is 64.7 Å². The van der Waals surface area contributed by atoms with Gasteiger partial charge in [-0.25, -0.2) is 0 Å². The van der Waals surface area contributed by atoms with Crippen LogP contribution >= 0.6 is 0 Å². The molecule has 0 bridgehead atoms. The van der Waals surface area contributed by atoms with Crippen LogP contribution in [0.4, 0.5) is 0 Å². The molecule has 1 amide bonds. The molecule has 138 valence electrons. The van der Waals surface area contributed by atoms with E-state index in [-0.39, 0.29) is 0 Å². The third-order valence-corrected chi connectivity index (χ3v) is 3.89. The zero-order chi connectivity index (χ0) is 18.9. The van der Waals surface area contributed by atoms with Gasteiger partial charge in [-0.15, -0.1) is 0 Å². The highest BCUT2D eigenvalue weighted by atomic mass is 16.5. The fourth-order valence-electron chi connectivity index (χ4n) is 2.47. The smallest absolute Gasteiger partial charge is 0.248 e. The van der Waals surface area contributed by atoms with Gasteiger partial charge in [0.1, 0.15) is 5.75 Å². The van der Waals surface area contributed by atoms with Gasteiger partial charge in [-0.1, -0.05) is 24.3 Å². The van der Waals surface area contributed by atoms with E-state index in [4.69, 9.17) is 10.5 Å². The van der Waals surface area contributed by atoms with Gasteiger partial charge < -0.3 is 21.1 Å². The number of aliphatic imine (C=N–C) groups is 1. The molecule has 0 fully saturated rings. The molecule has 0 aliphatic carbocycles. The number of nitrogens with one attached hydrogen (secondary N) is 2. The van der Waals surface area contributed by atoms with Crippen LogP contribution < -0.4 is 21.1 Å². The lowest BCUT2D eigenvalue weighted by Crippen LogP contribution is -2.36. The summed E-state index contributed by atoms with van der Waals surface area (Å²) in [7, 11) is 1.73. The minimum absolute atomic E-state index is 0.426. The van der Waals surface area contributed by atoms with Crippen molar-refractivity contribution in [2.45, 2.75) is 26.9 Å². The number of carbonyl (C=O) groups is 1. The average molecular weight is 354 g/mol. The fourth-order valence-corrected chi connectivity index (χ4v) is 2.47. The Hall–Kier alpha value is -3.02. The second-order valence-electron chi connectivity index (χ2n) is 5.88. The Kier molecular flexibility index (Phi) is 7.02. The van der Waals surface area contributed by atoms with Gasteiger partial charge in [0.25, 0.3) is 0 Å². The number of amides is 1. The number of guanidine groups is 1. The summed E-state index contributed by atoms with van der Waals surface area (Å²) in [6.07, 6.45) is 0. The first-order valence-electron chi connectivity index (χ1n) is 8.59. The summed E-state index contributed by atoms with van der Waals surface area (Å²) in [5.41, 5.74) is 9.02. The highest BCUT2D eigenvalue weighted by molar-refractivity contribution is 5.92. The van der Waals surface area contributed by atoms with Crippen LogP contribution in [0, 0.1) is 6.92 Å². The maximum absolute atomic E-state index is 11.1. The molecule has 2 aromatic rings. The number of benzene rings is 2. The Morgan fingerprint density at radius 3 is 2.42 bits per heavy atom. The molecule has 2 aromatic carbocycles. The maximum atomic E-state index is 11.1. The topological polar surface area (TPSA) is 88.7 Å². The first kappa shape index (κ1) is 19.3. The van der Waals surface area contributed by atoms with Gasteiger partial charge in [0.15, 0.2) is 5.96 Å². The molecule has 0 atom stereocenters. The molecule has 2 rings (SSSR count). The predicted molar refractivity (Wildman–Crippen MR) is 104 cm³/mol. The summed E-state index contributed by atoms with van der Waals surface area (Å²) in [4.78, 5) is 15.3. The van der Waals surface area contributed by atoms with E-state index >= 15 is 0 Å².